The summed E-state index contributed by atoms with van der Waals surface area (Å²) in [5.74, 6) is -0.401. The molecule has 0 spiro atoms. The molecule has 3 aromatic carbocycles. The van der Waals surface area contributed by atoms with Gasteiger partial charge < -0.3 is 0 Å². The molecule has 0 saturated heterocycles. The van der Waals surface area contributed by atoms with Crippen molar-refractivity contribution in [2.75, 3.05) is 0 Å². The maximum atomic E-state index is 13.1. The van der Waals surface area contributed by atoms with Crippen LogP contribution in [-0.2, 0) is 11.3 Å². The number of carbonyl (C=O) groups excluding carboxylic acids is 1. The van der Waals surface area contributed by atoms with Gasteiger partial charge in [0.2, 0.25) is 0 Å². The predicted octanol–water partition coefficient (Wildman–Crippen LogP) is 4.74. The molecule has 5 rings (SSSR count). The summed E-state index contributed by atoms with van der Waals surface area (Å²) in [7, 11) is 0. The molecule has 6 nitrogen and oxygen atoms in total. The standard InChI is InChI=1S/C26H20N4O2S/c1-17-9-11-19(12-10-17)22-15-33-25-24(22)26(32)30(16-27-25)14-23(31)29-28-13-20-7-4-6-18-5-2-3-8-21(18)20/h2-13,15-16H,14H2,1H3,(H,29,31). The number of carbonyl (C=O) groups is 1. The number of fused-ring (bicyclic) bond motifs is 2. The average Bonchev–Trinajstić information content (AvgIpc) is 3.26. The normalized spacial score (nSPS) is 11.4. The summed E-state index contributed by atoms with van der Waals surface area (Å²) in [6, 6.07) is 21.9. The molecule has 2 heterocycles. The third-order valence-electron chi connectivity index (χ3n) is 5.45. The molecule has 2 aromatic heterocycles. The van der Waals surface area contributed by atoms with Gasteiger partial charge in [-0.3, -0.25) is 14.2 Å². The lowest BCUT2D eigenvalue weighted by molar-refractivity contribution is -0.121. The third-order valence-corrected chi connectivity index (χ3v) is 6.34. The van der Waals surface area contributed by atoms with Gasteiger partial charge in [0, 0.05) is 16.5 Å². The molecule has 0 saturated carbocycles. The number of hydrazone groups is 1. The minimum atomic E-state index is -0.401. The molecule has 162 valence electrons. The maximum Gasteiger partial charge on any atom is 0.263 e. The predicted molar refractivity (Wildman–Crippen MR) is 134 cm³/mol. The van der Waals surface area contributed by atoms with Crippen molar-refractivity contribution in [3.8, 4) is 11.1 Å². The highest BCUT2D eigenvalue weighted by molar-refractivity contribution is 7.17. The van der Waals surface area contributed by atoms with E-state index in [-0.39, 0.29) is 12.1 Å². The highest BCUT2D eigenvalue weighted by atomic mass is 32.1. The van der Waals surface area contributed by atoms with Crippen LogP contribution in [0.3, 0.4) is 0 Å². The zero-order valence-corrected chi connectivity index (χ0v) is 18.7. The van der Waals surface area contributed by atoms with Crippen molar-refractivity contribution in [1.29, 1.82) is 0 Å². The number of nitrogens with one attached hydrogen (secondary N) is 1. The lowest BCUT2D eigenvalue weighted by Gasteiger charge is -2.06. The molecule has 1 N–H and O–H groups in total. The number of hydrogen-bond donors (Lipinski definition) is 1. The fourth-order valence-corrected chi connectivity index (χ4v) is 4.66. The summed E-state index contributed by atoms with van der Waals surface area (Å²) in [5.41, 5.74) is 6.09. The van der Waals surface area contributed by atoms with E-state index in [1.54, 1.807) is 6.21 Å². The minimum Gasteiger partial charge on any atom is -0.289 e. The van der Waals surface area contributed by atoms with E-state index in [0.717, 1.165) is 33.0 Å². The Morgan fingerprint density at radius 3 is 2.73 bits per heavy atom. The molecule has 0 atom stereocenters. The maximum absolute atomic E-state index is 13.1. The van der Waals surface area contributed by atoms with E-state index < -0.39 is 5.91 Å². The Balaban J connectivity index is 1.36. The van der Waals surface area contributed by atoms with E-state index in [1.165, 1.54) is 22.2 Å². The lowest BCUT2D eigenvalue weighted by atomic mass is 10.1. The Kier molecular flexibility index (Phi) is 5.54. The summed E-state index contributed by atoms with van der Waals surface area (Å²) in [6.07, 6.45) is 3.02. The second-order valence-electron chi connectivity index (χ2n) is 7.73. The van der Waals surface area contributed by atoms with Crippen LogP contribution in [0.2, 0.25) is 0 Å². The molecule has 7 heteroatoms. The summed E-state index contributed by atoms with van der Waals surface area (Å²) in [5, 5.41) is 8.69. The van der Waals surface area contributed by atoms with Gasteiger partial charge >= 0.3 is 0 Å². The van der Waals surface area contributed by atoms with Crippen LogP contribution < -0.4 is 11.0 Å². The van der Waals surface area contributed by atoms with E-state index in [9.17, 15) is 9.59 Å². The molecule has 0 unspecified atom stereocenters. The van der Waals surface area contributed by atoms with Crippen molar-refractivity contribution < 1.29 is 4.79 Å². The van der Waals surface area contributed by atoms with Crippen molar-refractivity contribution in [2.24, 2.45) is 5.10 Å². The molecule has 0 bridgehead atoms. The second kappa shape index (κ2) is 8.80. The van der Waals surface area contributed by atoms with Gasteiger partial charge in [0.1, 0.15) is 11.4 Å². The lowest BCUT2D eigenvalue weighted by Crippen LogP contribution is -2.30. The van der Waals surface area contributed by atoms with Gasteiger partial charge in [-0.05, 0) is 23.3 Å². The van der Waals surface area contributed by atoms with Crippen LogP contribution in [-0.4, -0.2) is 21.7 Å². The van der Waals surface area contributed by atoms with Crippen LogP contribution >= 0.6 is 11.3 Å². The molecule has 0 aliphatic rings. The number of thiophene rings is 1. The van der Waals surface area contributed by atoms with Crippen molar-refractivity contribution >= 4 is 44.4 Å². The highest BCUT2D eigenvalue weighted by Gasteiger charge is 2.14. The molecule has 0 aliphatic heterocycles. The fourth-order valence-electron chi connectivity index (χ4n) is 3.75. The van der Waals surface area contributed by atoms with Crippen LogP contribution in [0.4, 0.5) is 0 Å². The van der Waals surface area contributed by atoms with Gasteiger partial charge in [0.05, 0.1) is 17.9 Å². The molecule has 5 aromatic rings. The number of aryl methyl sites for hydroxylation is 1. The van der Waals surface area contributed by atoms with Crippen molar-refractivity contribution in [3.63, 3.8) is 0 Å². The van der Waals surface area contributed by atoms with Crippen LogP contribution in [0.5, 0.6) is 0 Å². The first-order valence-electron chi connectivity index (χ1n) is 10.4. The number of nitrogens with zero attached hydrogens (tertiary/aromatic N) is 3. The summed E-state index contributed by atoms with van der Waals surface area (Å²) >= 11 is 1.42. The first-order chi connectivity index (χ1) is 16.1. The number of benzene rings is 3. The molecule has 0 fully saturated rings. The quantitative estimate of drug-likeness (QED) is 0.309. The number of amides is 1. The molecular weight excluding hydrogens is 432 g/mol. The Bertz CT molecular complexity index is 1560. The second-order valence-corrected chi connectivity index (χ2v) is 8.59. The Labute approximate surface area is 193 Å². The van der Waals surface area contributed by atoms with Gasteiger partial charge in [-0.25, -0.2) is 10.4 Å². The van der Waals surface area contributed by atoms with Crippen LogP contribution in [0, 0.1) is 6.92 Å². The Morgan fingerprint density at radius 2 is 1.88 bits per heavy atom. The van der Waals surface area contributed by atoms with E-state index in [0.29, 0.717) is 10.2 Å². The van der Waals surface area contributed by atoms with E-state index >= 15 is 0 Å². The molecule has 0 aliphatic carbocycles. The molecule has 1 amide bonds. The fraction of sp³-hybridized carbons (Fsp3) is 0.0769. The Hall–Kier alpha value is -4.10. The smallest absolute Gasteiger partial charge is 0.263 e. The molecule has 0 radical (unpaired) electrons. The first kappa shape index (κ1) is 20.8. The SMILES string of the molecule is Cc1ccc(-c2csc3ncn(CC(=O)NN=Cc4cccc5ccccc45)c(=O)c23)cc1. The monoisotopic (exact) mass is 452 g/mol. The summed E-state index contributed by atoms with van der Waals surface area (Å²) in [4.78, 5) is 30.7. The van der Waals surface area contributed by atoms with Gasteiger partial charge in [0.15, 0.2) is 0 Å². The van der Waals surface area contributed by atoms with Gasteiger partial charge in [-0.15, -0.1) is 11.3 Å². The van der Waals surface area contributed by atoms with E-state index in [1.807, 2.05) is 79.0 Å². The highest BCUT2D eigenvalue weighted by Crippen LogP contribution is 2.30. The minimum absolute atomic E-state index is 0.169. The topological polar surface area (TPSA) is 76.3 Å². The zero-order valence-electron chi connectivity index (χ0n) is 17.9. The van der Waals surface area contributed by atoms with Crippen LogP contribution in [0.1, 0.15) is 11.1 Å². The summed E-state index contributed by atoms with van der Waals surface area (Å²) in [6.45, 7) is 1.85. The van der Waals surface area contributed by atoms with Gasteiger partial charge in [0.25, 0.3) is 11.5 Å². The molecule has 33 heavy (non-hydrogen) atoms. The Morgan fingerprint density at radius 1 is 1.09 bits per heavy atom. The summed E-state index contributed by atoms with van der Waals surface area (Å²) < 4.78 is 1.31. The average molecular weight is 453 g/mol. The first-order valence-corrected chi connectivity index (χ1v) is 11.3. The largest absolute Gasteiger partial charge is 0.289 e. The zero-order chi connectivity index (χ0) is 22.8. The van der Waals surface area contributed by atoms with Crippen molar-refractivity contribution in [2.45, 2.75) is 13.5 Å². The van der Waals surface area contributed by atoms with E-state index in [4.69, 9.17) is 0 Å². The number of rotatable bonds is 5. The van der Waals surface area contributed by atoms with Crippen molar-refractivity contribution in [1.82, 2.24) is 15.0 Å². The van der Waals surface area contributed by atoms with E-state index in [2.05, 4.69) is 15.5 Å². The van der Waals surface area contributed by atoms with Crippen LogP contribution in [0.15, 0.2) is 88.3 Å². The molecular formula is C26H20N4O2S. The van der Waals surface area contributed by atoms with Crippen LogP contribution in [0.25, 0.3) is 32.1 Å². The number of hydrogen-bond acceptors (Lipinski definition) is 5. The van der Waals surface area contributed by atoms with Gasteiger partial charge in [-0.2, -0.15) is 5.10 Å². The van der Waals surface area contributed by atoms with Gasteiger partial charge in [-0.1, -0.05) is 72.3 Å². The third kappa shape index (κ3) is 4.18. The number of aromatic nitrogens is 2. The van der Waals surface area contributed by atoms with Crippen molar-refractivity contribution in [3.05, 3.63) is 99.9 Å².